The summed E-state index contributed by atoms with van der Waals surface area (Å²) in [5.74, 6) is -0.449. The van der Waals surface area contributed by atoms with Crippen molar-refractivity contribution in [2.45, 2.75) is 0 Å². The van der Waals surface area contributed by atoms with Gasteiger partial charge in [0.05, 0.1) is 12.0 Å². The van der Waals surface area contributed by atoms with Crippen LogP contribution in [0, 0.1) is 11.6 Å². The van der Waals surface area contributed by atoms with E-state index < -0.39 is 11.6 Å². The number of fused-ring (bicyclic) bond motifs is 1. The predicted octanol–water partition coefficient (Wildman–Crippen LogP) is 4.55. The second-order valence-electron chi connectivity index (χ2n) is 4.35. The van der Waals surface area contributed by atoms with Gasteiger partial charge in [0.25, 0.3) is 0 Å². The van der Waals surface area contributed by atoms with Gasteiger partial charge in [-0.25, -0.2) is 8.78 Å². The first-order valence-electron chi connectivity index (χ1n) is 6.22. The average Bonchev–Trinajstić information content (AvgIpc) is 2.90. The number of ether oxygens (including phenoxy) is 1. The third kappa shape index (κ3) is 2.76. The predicted molar refractivity (Wildman–Crippen MR) is 78.7 cm³/mol. The number of alkyl halides is 1. The Morgan fingerprint density at radius 2 is 2.00 bits per heavy atom. The zero-order valence-electron chi connectivity index (χ0n) is 10.8. The summed E-state index contributed by atoms with van der Waals surface area (Å²) in [5, 5.41) is 5.15. The summed E-state index contributed by atoms with van der Waals surface area (Å²) in [6, 6.07) is 8.36. The molecule has 0 fully saturated rings. The van der Waals surface area contributed by atoms with Gasteiger partial charge in [-0.3, -0.25) is 0 Å². The fraction of sp³-hybridized carbons (Fsp3) is 0.133. The third-order valence-electron chi connectivity index (χ3n) is 2.97. The molecule has 0 spiro atoms. The highest BCUT2D eigenvalue weighted by atomic mass is 79.9. The van der Waals surface area contributed by atoms with Crippen molar-refractivity contribution in [3.8, 4) is 17.0 Å². The van der Waals surface area contributed by atoms with Crippen molar-refractivity contribution >= 4 is 26.9 Å². The van der Waals surface area contributed by atoms with Gasteiger partial charge in [-0.15, -0.1) is 0 Å². The van der Waals surface area contributed by atoms with Crippen LogP contribution in [-0.4, -0.2) is 17.1 Å². The Balaban J connectivity index is 2.06. The van der Waals surface area contributed by atoms with Crippen molar-refractivity contribution in [1.82, 2.24) is 5.16 Å². The van der Waals surface area contributed by atoms with Crippen molar-refractivity contribution in [1.29, 1.82) is 0 Å². The van der Waals surface area contributed by atoms with Crippen LogP contribution in [0.15, 0.2) is 40.9 Å². The van der Waals surface area contributed by atoms with Crippen LogP contribution in [0.25, 0.3) is 22.2 Å². The molecule has 0 N–H and O–H groups in total. The molecular weight excluding hydrogens is 344 g/mol. The first-order chi connectivity index (χ1) is 10.2. The molecule has 3 aromatic rings. The van der Waals surface area contributed by atoms with Gasteiger partial charge < -0.3 is 9.26 Å². The molecule has 1 aromatic heterocycles. The smallest absolute Gasteiger partial charge is 0.171 e. The van der Waals surface area contributed by atoms with E-state index in [2.05, 4.69) is 21.1 Å². The molecule has 1 heterocycles. The molecule has 6 heteroatoms. The van der Waals surface area contributed by atoms with Crippen LogP contribution in [0.4, 0.5) is 8.78 Å². The molecule has 3 nitrogen and oxygen atoms in total. The molecule has 0 bridgehead atoms. The number of hydrogen-bond donors (Lipinski definition) is 0. The van der Waals surface area contributed by atoms with Crippen LogP contribution in [-0.2, 0) is 0 Å². The summed E-state index contributed by atoms with van der Waals surface area (Å²) < 4.78 is 37.8. The van der Waals surface area contributed by atoms with Gasteiger partial charge in [0.15, 0.2) is 5.58 Å². The van der Waals surface area contributed by atoms with Gasteiger partial charge in [-0.2, -0.15) is 0 Å². The molecule has 0 aliphatic carbocycles. The lowest BCUT2D eigenvalue weighted by molar-refractivity contribution is 0.344. The second kappa shape index (κ2) is 5.81. The minimum Gasteiger partial charge on any atom is -0.493 e. The van der Waals surface area contributed by atoms with Crippen molar-refractivity contribution < 1.29 is 18.0 Å². The molecule has 0 saturated heterocycles. The van der Waals surface area contributed by atoms with Crippen molar-refractivity contribution in [3.63, 3.8) is 0 Å². The summed E-state index contributed by atoms with van der Waals surface area (Å²) >= 11 is 3.27. The molecule has 0 aliphatic heterocycles. The molecule has 0 radical (unpaired) electrons. The molecule has 0 amide bonds. The Morgan fingerprint density at radius 1 is 1.14 bits per heavy atom. The van der Waals surface area contributed by atoms with Gasteiger partial charge in [0, 0.05) is 17.0 Å². The van der Waals surface area contributed by atoms with Crippen LogP contribution in [0.5, 0.6) is 5.75 Å². The Bertz CT molecular complexity index is 788. The SMILES string of the molecule is Fc1ccc(F)c(-c2noc3cc(OCCBr)ccc23)c1. The summed E-state index contributed by atoms with van der Waals surface area (Å²) in [7, 11) is 0. The Kier molecular flexibility index (Phi) is 3.88. The van der Waals surface area contributed by atoms with E-state index in [-0.39, 0.29) is 11.3 Å². The maximum Gasteiger partial charge on any atom is 0.171 e. The highest BCUT2D eigenvalue weighted by molar-refractivity contribution is 9.09. The van der Waals surface area contributed by atoms with Crippen LogP contribution < -0.4 is 4.74 Å². The summed E-state index contributed by atoms with van der Waals surface area (Å²) in [5.41, 5.74) is 0.803. The maximum atomic E-state index is 13.8. The van der Waals surface area contributed by atoms with Gasteiger partial charge in [0.2, 0.25) is 0 Å². The molecule has 3 rings (SSSR count). The number of hydrogen-bond acceptors (Lipinski definition) is 3. The molecule has 0 saturated carbocycles. The number of rotatable bonds is 4. The van der Waals surface area contributed by atoms with Gasteiger partial charge in [-0.05, 0) is 30.3 Å². The Labute approximate surface area is 127 Å². The topological polar surface area (TPSA) is 35.3 Å². The highest BCUT2D eigenvalue weighted by Gasteiger charge is 2.15. The molecule has 0 atom stereocenters. The lowest BCUT2D eigenvalue weighted by atomic mass is 10.1. The molecule has 21 heavy (non-hydrogen) atoms. The number of benzene rings is 2. The largest absolute Gasteiger partial charge is 0.493 e. The second-order valence-corrected chi connectivity index (χ2v) is 5.14. The van der Waals surface area contributed by atoms with E-state index in [1.807, 2.05) is 0 Å². The van der Waals surface area contributed by atoms with Crippen molar-refractivity contribution in [3.05, 3.63) is 48.0 Å². The van der Waals surface area contributed by atoms with E-state index in [0.29, 0.717) is 28.7 Å². The van der Waals surface area contributed by atoms with Gasteiger partial charge in [-0.1, -0.05) is 21.1 Å². The zero-order chi connectivity index (χ0) is 14.8. The van der Waals surface area contributed by atoms with Crippen molar-refractivity contribution in [2.24, 2.45) is 0 Å². The van der Waals surface area contributed by atoms with E-state index in [0.717, 1.165) is 18.2 Å². The fourth-order valence-electron chi connectivity index (χ4n) is 2.04. The van der Waals surface area contributed by atoms with Gasteiger partial charge >= 0.3 is 0 Å². The molecule has 0 unspecified atom stereocenters. The maximum absolute atomic E-state index is 13.8. The fourth-order valence-corrected chi connectivity index (χ4v) is 2.20. The Hall–Kier alpha value is -1.95. The van der Waals surface area contributed by atoms with Crippen LogP contribution in [0.3, 0.4) is 0 Å². The van der Waals surface area contributed by atoms with E-state index >= 15 is 0 Å². The minimum absolute atomic E-state index is 0.0721. The number of halogens is 3. The lowest BCUT2D eigenvalue weighted by Gasteiger charge is -2.03. The van der Waals surface area contributed by atoms with Crippen molar-refractivity contribution in [2.75, 3.05) is 11.9 Å². The first-order valence-corrected chi connectivity index (χ1v) is 7.35. The first kappa shape index (κ1) is 14.0. The number of aromatic nitrogens is 1. The molecular formula is C15H10BrF2NO2. The van der Waals surface area contributed by atoms with E-state index in [1.54, 1.807) is 18.2 Å². The van der Waals surface area contributed by atoms with Crippen LogP contribution in [0.2, 0.25) is 0 Å². The van der Waals surface area contributed by atoms with E-state index in [4.69, 9.17) is 9.26 Å². The molecule has 108 valence electrons. The van der Waals surface area contributed by atoms with Crippen LogP contribution in [0.1, 0.15) is 0 Å². The average molecular weight is 354 g/mol. The monoisotopic (exact) mass is 353 g/mol. The summed E-state index contributed by atoms with van der Waals surface area (Å²) in [6.07, 6.45) is 0. The minimum atomic E-state index is -0.550. The van der Waals surface area contributed by atoms with E-state index in [1.165, 1.54) is 0 Å². The lowest BCUT2D eigenvalue weighted by Crippen LogP contribution is -1.97. The quantitative estimate of drug-likeness (QED) is 0.645. The van der Waals surface area contributed by atoms with E-state index in [9.17, 15) is 8.78 Å². The standard InChI is InChI=1S/C15H10BrF2NO2/c16-5-6-20-10-2-3-11-14(8-10)21-19-15(11)12-7-9(17)1-4-13(12)18/h1-4,7-8H,5-6H2. The van der Waals surface area contributed by atoms with Gasteiger partial charge in [0.1, 0.15) is 23.1 Å². The highest BCUT2D eigenvalue weighted by Crippen LogP contribution is 2.32. The normalized spacial score (nSPS) is 11.0. The zero-order valence-corrected chi connectivity index (χ0v) is 12.4. The van der Waals surface area contributed by atoms with Crippen LogP contribution >= 0.6 is 15.9 Å². The third-order valence-corrected chi connectivity index (χ3v) is 3.30. The summed E-state index contributed by atoms with van der Waals surface area (Å²) in [6.45, 7) is 0.519. The Morgan fingerprint density at radius 3 is 2.81 bits per heavy atom. The number of nitrogens with zero attached hydrogens (tertiary/aromatic N) is 1. The molecule has 2 aromatic carbocycles. The molecule has 0 aliphatic rings. The summed E-state index contributed by atoms with van der Waals surface area (Å²) in [4.78, 5) is 0.